The Morgan fingerprint density at radius 3 is 2.55 bits per heavy atom. The summed E-state index contributed by atoms with van der Waals surface area (Å²) in [5.74, 6) is -0.518. The van der Waals surface area contributed by atoms with Crippen molar-refractivity contribution < 1.29 is 14.7 Å². The van der Waals surface area contributed by atoms with Gasteiger partial charge >= 0.3 is 5.97 Å². The standard InChI is InChI=1S/C15H21NO3S/c1-10-4-5-12(8-11(10)2)9-14(17)16-13(15(18)19)6-7-20-3/h4-5,8,13H,6-7,9H2,1-3H3,(H,16,17)(H,18,19)/t13-/m0/s1. The van der Waals surface area contributed by atoms with Crippen molar-refractivity contribution in [2.24, 2.45) is 0 Å². The summed E-state index contributed by atoms with van der Waals surface area (Å²) in [5, 5.41) is 11.7. The lowest BCUT2D eigenvalue weighted by atomic mass is 10.0. The van der Waals surface area contributed by atoms with Crippen molar-refractivity contribution in [1.29, 1.82) is 0 Å². The van der Waals surface area contributed by atoms with Crippen molar-refractivity contribution in [3.05, 3.63) is 34.9 Å². The van der Waals surface area contributed by atoms with Crippen molar-refractivity contribution >= 4 is 23.6 Å². The Morgan fingerprint density at radius 2 is 2.00 bits per heavy atom. The maximum Gasteiger partial charge on any atom is 0.326 e. The van der Waals surface area contributed by atoms with Gasteiger partial charge in [-0.15, -0.1) is 0 Å². The number of hydrogen-bond donors (Lipinski definition) is 2. The second-order valence-electron chi connectivity index (χ2n) is 4.84. The third kappa shape index (κ3) is 5.25. The summed E-state index contributed by atoms with van der Waals surface area (Å²) in [5.41, 5.74) is 3.21. The van der Waals surface area contributed by atoms with Gasteiger partial charge in [0, 0.05) is 0 Å². The highest BCUT2D eigenvalue weighted by atomic mass is 32.2. The van der Waals surface area contributed by atoms with E-state index in [4.69, 9.17) is 5.11 Å². The van der Waals surface area contributed by atoms with Crippen LogP contribution in [0.15, 0.2) is 18.2 Å². The fourth-order valence-electron chi connectivity index (χ4n) is 1.84. The molecule has 0 aliphatic carbocycles. The summed E-state index contributed by atoms with van der Waals surface area (Å²) in [4.78, 5) is 23.0. The summed E-state index contributed by atoms with van der Waals surface area (Å²) >= 11 is 1.57. The van der Waals surface area contributed by atoms with E-state index in [0.29, 0.717) is 12.2 Å². The van der Waals surface area contributed by atoms with Crippen LogP contribution in [0, 0.1) is 13.8 Å². The van der Waals surface area contributed by atoms with E-state index < -0.39 is 12.0 Å². The lowest BCUT2D eigenvalue weighted by molar-refractivity contribution is -0.141. The Bertz CT molecular complexity index is 488. The number of benzene rings is 1. The largest absolute Gasteiger partial charge is 0.480 e. The number of rotatable bonds is 7. The monoisotopic (exact) mass is 295 g/mol. The molecule has 2 N–H and O–H groups in total. The number of aliphatic carboxylic acids is 1. The SMILES string of the molecule is CSCC[C@H](NC(=O)Cc1ccc(C)c(C)c1)C(=O)O. The van der Waals surface area contributed by atoms with Gasteiger partial charge in [0.05, 0.1) is 6.42 Å². The van der Waals surface area contributed by atoms with Gasteiger partial charge in [0.2, 0.25) is 5.91 Å². The lowest BCUT2D eigenvalue weighted by Crippen LogP contribution is -2.41. The molecule has 0 aromatic heterocycles. The van der Waals surface area contributed by atoms with E-state index in [9.17, 15) is 9.59 Å². The molecule has 0 unspecified atom stereocenters. The first-order chi connectivity index (χ1) is 9.43. The lowest BCUT2D eigenvalue weighted by Gasteiger charge is -2.14. The molecular weight excluding hydrogens is 274 g/mol. The van der Waals surface area contributed by atoms with Gasteiger partial charge in [-0.2, -0.15) is 11.8 Å². The summed E-state index contributed by atoms with van der Waals surface area (Å²) in [6, 6.07) is 5.04. The van der Waals surface area contributed by atoms with Gasteiger partial charge < -0.3 is 10.4 Å². The van der Waals surface area contributed by atoms with Crippen LogP contribution < -0.4 is 5.32 Å². The van der Waals surface area contributed by atoms with Crippen molar-refractivity contribution in [1.82, 2.24) is 5.32 Å². The van der Waals surface area contributed by atoms with Crippen LogP contribution >= 0.6 is 11.8 Å². The van der Waals surface area contributed by atoms with E-state index in [1.165, 1.54) is 5.56 Å². The minimum atomic E-state index is -0.979. The molecule has 1 amide bonds. The number of hydrogen-bond acceptors (Lipinski definition) is 3. The average molecular weight is 295 g/mol. The zero-order valence-corrected chi connectivity index (χ0v) is 12.9. The van der Waals surface area contributed by atoms with E-state index in [1.54, 1.807) is 11.8 Å². The van der Waals surface area contributed by atoms with Crippen LogP contribution in [0.2, 0.25) is 0 Å². The summed E-state index contributed by atoms with van der Waals surface area (Å²) in [7, 11) is 0. The molecule has 0 radical (unpaired) electrons. The normalized spacial score (nSPS) is 11.9. The Kier molecular flexibility index (Phi) is 6.58. The zero-order valence-electron chi connectivity index (χ0n) is 12.1. The number of nitrogens with one attached hydrogen (secondary N) is 1. The van der Waals surface area contributed by atoms with Crippen molar-refractivity contribution in [3.63, 3.8) is 0 Å². The number of carboxylic acids is 1. The smallest absolute Gasteiger partial charge is 0.326 e. The van der Waals surface area contributed by atoms with Gasteiger partial charge in [-0.25, -0.2) is 4.79 Å². The molecule has 110 valence electrons. The molecule has 0 aliphatic heterocycles. The minimum absolute atomic E-state index is 0.212. The molecule has 0 saturated carbocycles. The molecule has 20 heavy (non-hydrogen) atoms. The summed E-state index contributed by atoms with van der Waals surface area (Å²) < 4.78 is 0. The van der Waals surface area contributed by atoms with Crippen LogP contribution in [0.25, 0.3) is 0 Å². The van der Waals surface area contributed by atoms with Gasteiger partial charge in [-0.05, 0) is 49.0 Å². The Labute approximate surface area is 124 Å². The molecule has 0 aliphatic rings. The zero-order chi connectivity index (χ0) is 15.1. The van der Waals surface area contributed by atoms with Gasteiger partial charge in [-0.3, -0.25) is 4.79 Å². The highest BCUT2D eigenvalue weighted by Gasteiger charge is 2.19. The molecular formula is C15H21NO3S. The fraction of sp³-hybridized carbons (Fsp3) is 0.467. The second kappa shape index (κ2) is 7.94. The van der Waals surface area contributed by atoms with Crippen molar-refractivity contribution in [3.8, 4) is 0 Å². The molecule has 4 nitrogen and oxygen atoms in total. The maximum atomic E-state index is 11.9. The molecule has 0 heterocycles. The Balaban J connectivity index is 2.60. The second-order valence-corrected chi connectivity index (χ2v) is 5.82. The third-order valence-electron chi connectivity index (χ3n) is 3.18. The first kappa shape index (κ1) is 16.6. The predicted octanol–water partition coefficient (Wildman–Crippen LogP) is 2.17. The summed E-state index contributed by atoms with van der Waals surface area (Å²) in [6.07, 6.45) is 2.56. The van der Waals surface area contributed by atoms with Crippen LogP contribution in [-0.4, -0.2) is 35.0 Å². The van der Waals surface area contributed by atoms with Gasteiger partial charge in [0.1, 0.15) is 6.04 Å². The van der Waals surface area contributed by atoms with Crippen LogP contribution in [-0.2, 0) is 16.0 Å². The highest BCUT2D eigenvalue weighted by Crippen LogP contribution is 2.10. The molecule has 0 saturated heterocycles. The summed E-state index contributed by atoms with van der Waals surface area (Å²) in [6.45, 7) is 4.01. The van der Waals surface area contributed by atoms with E-state index >= 15 is 0 Å². The van der Waals surface area contributed by atoms with Gasteiger partial charge in [0.15, 0.2) is 0 Å². The number of carbonyl (C=O) groups excluding carboxylic acids is 1. The number of carbonyl (C=O) groups is 2. The Morgan fingerprint density at radius 1 is 1.30 bits per heavy atom. The molecule has 1 rings (SSSR count). The van der Waals surface area contributed by atoms with Crippen LogP contribution in [0.5, 0.6) is 0 Å². The van der Waals surface area contributed by atoms with E-state index in [2.05, 4.69) is 5.32 Å². The van der Waals surface area contributed by atoms with E-state index in [-0.39, 0.29) is 12.3 Å². The number of carboxylic acid groups (broad SMARTS) is 1. The molecule has 1 atom stereocenters. The predicted molar refractivity (Wildman–Crippen MR) is 82.2 cm³/mol. The van der Waals surface area contributed by atoms with E-state index in [1.807, 2.05) is 38.3 Å². The molecule has 0 bridgehead atoms. The average Bonchev–Trinajstić information content (AvgIpc) is 2.38. The molecule has 1 aromatic carbocycles. The number of amides is 1. The molecule has 1 aromatic rings. The van der Waals surface area contributed by atoms with Crippen LogP contribution in [0.4, 0.5) is 0 Å². The van der Waals surface area contributed by atoms with Crippen molar-refractivity contribution in [2.45, 2.75) is 32.7 Å². The van der Waals surface area contributed by atoms with Gasteiger partial charge in [0.25, 0.3) is 0 Å². The van der Waals surface area contributed by atoms with Crippen LogP contribution in [0.3, 0.4) is 0 Å². The molecule has 0 spiro atoms. The Hall–Kier alpha value is -1.49. The third-order valence-corrected chi connectivity index (χ3v) is 3.82. The van der Waals surface area contributed by atoms with Crippen LogP contribution in [0.1, 0.15) is 23.1 Å². The van der Waals surface area contributed by atoms with Crippen molar-refractivity contribution in [2.75, 3.05) is 12.0 Å². The topological polar surface area (TPSA) is 66.4 Å². The quantitative estimate of drug-likeness (QED) is 0.809. The van der Waals surface area contributed by atoms with E-state index in [0.717, 1.165) is 11.1 Å². The first-order valence-corrected chi connectivity index (χ1v) is 7.90. The number of thioether (sulfide) groups is 1. The van der Waals surface area contributed by atoms with Gasteiger partial charge in [-0.1, -0.05) is 18.2 Å². The molecule has 5 heteroatoms. The number of aryl methyl sites for hydroxylation is 2. The molecule has 0 fully saturated rings. The fourth-order valence-corrected chi connectivity index (χ4v) is 2.31. The minimum Gasteiger partial charge on any atom is -0.480 e. The highest BCUT2D eigenvalue weighted by molar-refractivity contribution is 7.98. The maximum absolute atomic E-state index is 11.9. The first-order valence-electron chi connectivity index (χ1n) is 6.51.